The molecule has 1 amide bonds. The van der Waals surface area contributed by atoms with Gasteiger partial charge in [-0.15, -0.1) is 0 Å². The average Bonchev–Trinajstić information content (AvgIpc) is 3.26. The molecule has 1 atom stereocenters. The largest absolute Gasteiger partial charge is 0.324 e. The molecule has 26 heavy (non-hydrogen) atoms. The maximum Gasteiger partial charge on any atom is 0.248 e. The molecule has 2 aromatic heterocycles. The van der Waals surface area contributed by atoms with E-state index in [-0.39, 0.29) is 5.91 Å². The van der Waals surface area contributed by atoms with Crippen LogP contribution in [0.15, 0.2) is 36.7 Å². The molecule has 1 aromatic carbocycles. The third kappa shape index (κ3) is 2.54. The van der Waals surface area contributed by atoms with Gasteiger partial charge in [-0.05, 0) is 37.1 Å². The van der Waals surface area contributed by atoms with E-state index in [0.717, 1.165) is 16.6 Å². The Morgan fingerprint density at radius 1 is 1.42 bits per heavy atom. The van der Waals surface area contributed by atoms with E-state index in [9.17, 15) is 10.1 Å². The first kappa shape index (κ1) is 16.0. The van der Waals surface area contributed by atoms with Crippen LogP contribution in [0.2, 0.25) is 0 Å². The molecule has 4 rings (SSSR count). The number of benzene rings is 1. The smallest absolute Gasteiger partial charge is 0.248 e. The Bertz CT molecular complexity index is 1020. The summed E-state index contributed by atoms with van der Waals surface area (Å²) in [5.41, 5.74) is 0.777. The Balaban J connectivity index is 1.59. The van der Waals surface area contributed by atoms with Crippen molar-refractivity contribution in [2.75, 3.05) is 16.8 Å². The number of nitrogens with zero attached hydrogens (tertiary/aromatic N) is 5. The zero-order chi connectivity index (χ0) is 18.1. The molecule has 1 saturated heterocycles. The van der Waals surface area contributed by atoms with Crippen LogP contribution in [0.3, 0.4) is 0 Å². The highest BCUT2D eigenvalue weighted by molar-refractivity contribution is 6.01. The second kappa shape index (κ2) is 6.11. The Kier molecular flexibility index (Phi) is 3.77. The van der Waals surface area contributed by atoms with Gasteiger partial charge in [0, 0.05) is 23.8 Å². The summed E-state index contributed by atoms with van der Waals surface area (Å²) in [7, 11) is 0. The molecule has 8 heteroatoms. The predicted octanol–water partition coefficient (Wildman–Crippen LogP) is 2.75. The first-order chi connectivity index (χ1) is 12.6. The standard InChI is InChI=1S/C18H17N7O/c1-2-18(11-19)6-8-25(16(18)26)15-5-7-20-17(23-15)22-13-4-3-12-10-21-24-14(12)9-13/h3-5,7,9-10H,2,6,8H2,1H3,(H,21,24)(H,20,22,23). The minimum atomic E-state index is -0.940. The molecule has 0 aliphatic carbocycles. The van der Waals surface area contributed by atoms with E-state index < -0.39 is 5.41 Å². The summed E-state index contributed by atoms with van der Waals surface area (Å²) >= 11 is 0. The Hall–Kier alpha value is -3.47. The quantitative estimate of drug-likeness (QED) is 0.751. The summed E-state index contributed by atoms with van der Waals surface area (Å²) in [6, 6.07) is 9.64. The molecule has 2 N–H and O–H groups in total. The lowest BCUT2D eigenvalue weighted by Gasteiger charge is -2.19. The molecule has 1 aliphatic rings. The van der Waals surface area contributed by atoms with Crippen molar-refractivity contribution in [3.05, 3.63) is 36.7 Å². The molecule has 0 bridgehead atoms. The summed E-state index contributed by atoms with van der Waals surface area (Å²) in [5, 5.41) is 20.5. The Morgan fingerprint density at radius 3 is 3.08 bits per heavy atom. The average molecular weight is 347 g/mol. The van der Waals surface area contributed by atoms with Gasteiger partial charge in [0.2, 0.25) is 11.9 Å². The number of nitrogens with one attached hydrogen (secondary N) is 2. The lowest BCUT2D eigenvalue weighted by Crippen LogP contribution is -2.33. The van der Waals surface area contributed by atoms with E-state index >= 15 is 0 Å². The number of anilines is 3. The van der Waals surface area contributed by atoms with E-state index in [1.54, 1.807) is 23.4 Å². The highest BCUT2D eigenvalue weighted by atomic mass is 16.2. The van der Waals surface area contributed by atoms with Crippen molar-refractivity contribution >= 4 is 34.3 Å². The number of hydrogen-bond acceptors (Lipinski definition) is 6. The maximum absolute atomic E-state index is 12.7. The van der Waals surface area contributed by atoms with E-state index in [1.165, 1.54) is 0 Å². The highest BCUT2D eigenvalue weighted by Crippen LogP contribution is 2.36. The van der Waals surface area contributed by atoms with Crippen LogP contribution < -0.4 is 10.2 Å². The molecule has 3 heterocycles. The number of carbonyl (C=O) groups is 1. The minimum Gasteiger partial charge on any atom is -0.324 e. The number of hydrogen-bond donors (Lipinski definition) is 2. The van der Waals surface area contributed by atoms with Gasteiger partial charge in [-0.3, -0.25) is 14.8 Å². The summed E-state index contributed by atoms with van der Waals surface area (Å²) in [4.78, 5) is 22.9. The second-order valence-electron chi connectivity index (χ2n) is 6.29. The zero-order valence-electron chi connectivity index (χ0n) is 14.2. The molecule has 8 nitrogen and oxygen atoms in total. The van der Waals surface area contributed by atoms with Crippen LogP contribution in [-0.2, 0) is 4.79 Å². The van der Waals surface area contributed by atoms with Crippen LogP contribution in [0.5, 0.6) is 0 Å². The van der Waals surface area contributed by atoms with Crippen molar-refractivity contribution in [2.45, 2.75) is 19.8 Å². The van der Waals surface area contributed by atoms with Crippen LogP contribution in [0, 0.1) is 16.7 Å². The first-order valence-corrected chi connectivity index (χ1v) is 8.41. The number of aromatic amines is 1. The van der Waals surface area contributed by atoms with Gasteiger partial charge in [0.25, 0.3) is 0 Å². The third-order valence-electron chi connectivity index (χ3n) is 4.85. The maximum atomic E-state index is 12.7. The summed E-state index contributed by atoms with van der Waals surface area (Å²) in [5.74, 6) is 0.701. The number of aromatic nitrogens is 4. The van der Waals surface area contributed by atoms with Crippen LogP contribution >= 0.6 is 0 Å². The SMILES string of the molecule is CCC1(C#N)CCN(c2ccnc(Nc3ccc4cn[nH]c4c3)n2)C1=O. The van der Waals surface area contributed by atoms with Crippen LogP contribution in [0.25, 0.3) is 10.9 Å². The number of amides is 1. The van der Waals surface area contributed by atoms with Gasteiger partial charge >= 0.3 is 0 Å². The number of fused-ring (bicyclic) bond motifs is 1. The Labute approximate surface area is 149 Å². The van der Waals surface area contributed by atoms with Gasteiger partial charge in [0.15, 0.2) is 0 Å². The summed E-state index contributed by atoms with van der Waals surface area (Å²) < 4.78 is 0. The second-order valence-corrected chi connectivity index (χ2v) is 6.29. The van der Waals surface area contributed by atoms with Gasteiger partial charge < -0.3 is 5.32 Å². The first-order valence-electron chi connectivity index (χ1n) is 8.41. The van der Waals surface area contributed by atoms with E-state index in [2.05, 4.69) is 31.6 Å². The van der Waals surface area contributed by atoms with Crippen molar-refractivity contribution in [3.63, 3.8) is 0 Å². The molecular weight excluding hydrogens is 330 g/mol. The van der Waals surface area contributed by atoms with Crippen molar-refractivity contribution in [3.8, 4) is 6.07 Å². The fourth-order valence-electron chi connectivity index (χ4n) is 3.20. The molecule has 1 unspecified atom stereocenters. The Morgan fingerprint density at radius 2 is 2.31 bits per heavy atom. The van der Waals surface area contributed by atoms with E-state index in [4.69, 9.17) is 0 Å². The monoisotopic (exact) mass is 347 g/mol. The van der Waals surface area contributed by atoms with Crippen molar-refractivity contribution < 1.29 is 4.79 Å². The van der Waals surface area contributed by atoms with Gasteiger partial charge in [-0.25, -0.2) is 4.98 Å². The lowest BCUT2D eigenvalue weighted by molar-refractivity contribution is -0.123. The molecule has 3 aromatic rings. The summed E-state index contributed by atoms with van der Waals surface area (Å²) in [6.07, 6.45) is 4.37. The van der Waals surface area contributed by atoms with Gasteiger partial charge in [-0.2, -0.15) is 15.3 Å². The summed E-state index contributed by atoms with van der Waals surface area (Å²) in [6.45, 7) is 2.35. The fourth-order valence-corrected chi connectivity index (χ4v) is 3.20. The molecule has 0 saturated carbocycles. The van der Waals surface area contributed by atoms with Gasteiger partial charge in [0.1, 0.15) is 11.2 Å². The highest BCUT2D eigenvalue weighted by Gasteiger charge is 2.46. The van der Waals surface area contributed by atoms with E-state index in [0.29, 0.717) is 31.2 Å². The lowest BCUT2D eigenvalue weighted by atomic mass is 9.85. The van der Waals surface area contributed by atoms with Gasteiger partial charge in [-0.1, -0.05) is 6.92 Å². The topological polar surface area (TPSA) is 111 Å². The predicted molar refractivity (Wildman–Crippen MR) is 96.7 cm³/mol. The normalized spacial score (nSPS) is 19.7. The van der Waals surface area contributed by atoms with Crippen LogP contribution in [0.4, 0.5) is 17.5 Å². The minimum absolute atomic E-state index is 0.189. The molecular formula is C18H17N7O. The number of carbonyl (C=O) groups excluding carboxylic acids is 1. The number of nitriles is 1. The number of rotatable bonds is 4. The van der Waals surface area contributed by atoms with Crippen LogP contribution in [0.1, 0.15) is 19.8 Å². The molecule has 1 aliphatic heterocycles. The van der Waals surface area contributed by atoms with Crippen molar-refractivity contribution in [1.82, 2.24) is 20.2 Å². The molecule has 130 valence electrons. The zero-order valence-corrected chi connectivity index (χ0v) is 14.2. The fraction of sp³-hybridized carbons (Fsp3) is 0.278. The van der Waals surface area contributed by atoms with Crippen molar-refractivity contribution in [1.29, 1.82) is 5.26 Å². The van der Waals surface area contributed by atoms with E-state index in [1.807, 2.05) is 25.1 Å². The van der Waals surface area contributed by atoms with Crippen molar-refractivity contribution in [2.24, 2.45) is 5.41 Å². The van der Waals surface area contributed by atoms with Gasteiger partial charge in [0.05, 0.1) is 17.8 Å². The number of H-pyrrole nitrogens is 1. The third-order valence-corrected chi connectivity index (χ3v) is 4.85. The van der Waals surface area contributed by atoms with Crippen LogP contribution in [-0.4, -0.2) is 32.6 Å². The molecule has 0 radical (unpaired) electrons. The molecule has 0 spiro atoms. The molecule has 1 fully saturated rings.